The van der Waals surface area contributed by atoms with Gasteiger partial charge < -0.3 is 25.6 Å². The lowest BCUT2D eigenvalue weighted by atomic mass is 10.1. The van der Waals surface area contributed by atoms with Crippen molar-refractivity contribution in [1.29, 1.82) is 0 Å². The van der Waals surface area contributed by atoms with E-state index in [0.717, 1.165) is 12.8 Å². The third-order valence-corrected chi connectivity index (χ3v) is 2.83. The Labute approximate surface area is 123 Å². The van der Waals surface area contributed by atoms with Crippen molar-refractivity contribution in [1.82, 2.24) is 10.6 Å². The Balaban J connectivity index is 4.31. The van der Waals surface area contributed by atoms with Crippen molar-refractivity contribution in [2.75, 3.05) is 13.7 Å². The van der Waals surface area contributed by atoms with Crippen molar-refractivity contribution >= 4 is 18.0 Å². The van der Waals surface area contributed by atoms with Gasteiger partial charge in [-0.15, -0.1) is 0 Å². The van der Waals surface area contributed by atoms with Crippen LogP contribution in [0.2, 0.25) is 0 Å². The number of ether oxygens (including phenoxy) is 1. The average Bonchev–Trinajstić information content (AvgIpc) is 2.37. The van der Waals surface area contributed by atoms with E-state index in [4.69, 9.17) is 14.9 Å². The van der Waals surface area contributed by atoms with E-state index in [1.54, 1.807) is 0 Å². The zero-order valence-corrected chi connectivity index (χ0v) is 12.4. The largest absolute Gasteiger partial charge is 0.481 e. The molecule has 0 saturated carbocycles. The molecule has 8 nitrogen and oxygen atoms in total. The van der Waals surface area contributed by atoms with Crippen LogP contribution >= 0.6 is 0 Å². The zero-order valence-electron chi connectivity index (χ0n) is 12.4. The SMILES string of the molecule is CCCC(COC)NC(=O)N[C@H](CCCC(=O)O)C(=O)O. The Bertz CT molecular complexity index is 342. The lowest BCUT2D eigenvalue weighted by Crippen LogP contribution is -2.50. The van der Waals surface area contributed by atoms with E-state index in [1.807, 2.05) is 6.92 Å². The fourth-order valence-corrected chi connectivity index (χ4v) is 1.85. The molecule has 0 aromatic heterocycles. The predicted molar refractivity (Wildman–Crippen MR) is 75.2 cm³/mol. The smallest absolute Gasteiger partial charge is 0.326 e. The number of methoxy groups -OCH3 is 1. The molecule has 122 valence electrons. The summed E-state index contributed by atoms with van der Waals surface area (Å²) in [6.07, 6.45) is 1.70. The normalized spacial score (nSPS) is 13.2. The molecule has 0 aromatic carbocycles. The zero-order chi connectivity index (χ0) is 16.3. The third-order valence-electron chi connectivity index (χ3n) is 2.83. The van der Waals surface area contributed by atoms with E-state index in [9.17, 15) is 14.4 Å². The van der Waals surface area contributed by atoms with Crippen LogP contribution in [0.4, 0.5) is 4.79 Å². The summed E-state index contributed by atoms with van der Waals surface area (Å²) >= 11 is 0. The fourth-order valence-electron chi connectivity index (χ4n) is 1.85. The van der Waals surface area contributed by atoms with Crippen LogP contribution in [0.5, 0.6) is 0 Å². The number of hydrogen-bond donors (Lipinski definition) is 4. The van der Waals surface area contributed by atoms with E-state index in [0.29, 0.717) is 6.61 Å². The van der Waals surface area contributed by atoms with Gasteiger partial charge in [-0.1, -0.05) is 13.3 Å². The molecule has 0 spiro atoms. The van der Waals surface area contributed by atoms with E-state index in [-0.39, 0.29) is 25.3 Å². The molecule has 0 aliphatic rings. The first-order valence-electron chi connectivity index (χ1n) is 6.91. The molecule has 21 heavy (non-hydrogen) atoms. The molecule has 0 bridgehead atoms. The highest BCUT2D eigenvalue weighted by molar-refractivity contribution is 5.82. The van der Waals surface area contributed by atoms with Crippen LogP contribution < -0.4 is 10.6 Å². The molecule has 0 rings (SSSR count). The van der Waals surface area contributed by atoms with Gasteiger partial charge in [0.05, 0.1) is 12.6 Å². The summed E-state index contributed by atoms with van der Waals surface area (Å²) in [5, 5.41) is 22.5. The quantitative estimate of drug-likeness (QED) is 0.447. The Kier molecular flexibility index (Phi) is 9.95. The summed E-state index contributed by atoms with van der Waals surface area (Å²) in [6.45, 7) is 2.31. The fraction of sp³-hybridized carbons (Fsp3) is 0.769. The molecule has 0 saturated heterocycles. The van der Waals surface area contributed by atoms with Crippen LogP contribution in [-0.4, -0.2) is 54.0 Å². The average molecular weight is 304 g/mol. The van der Waals surface area contributed by atoms with Gasteiger partial charge in [0.15, 0.2) is 0 Å². The van der Waals surface area contributed by atoms with Crippen molar-refractivity contribution in [3.63, 3.8) is 0 Å². The van der Waals surface area contributed by atoms with Gasteiger partial charge in [-0.2, -0.15) is 0 Å². The van der Waals surface area contributed by atoms with E-state index < -0.39 is 24.0 Å². The molecular weight excluding hydrogens is 280 g/mol. The summed E-state index contributed by atoms with van der Waals surface area (Å²) < 4.78 is 4.98. The predicted octanol–water partition coefficient (Wildman–Crippen LogP) is 0.809. The van der Waals surface area contributed by atoms with Crippen molar-refractivity contribution in [3.05, 3.63) is 0 Å². The molecule has 0 fully saturated rings. The molecule has 0 aliphatic heterocycles. The van der Waals surface area contributed by atoms with Crippen molar-refractivity contribution in [3.8, 4) is 0 Å². The highest BCUT2D eigenvalue weighted by atomic mass is 16.5. The van der Waals surface area contributed by atoms with E-state index in [1.165, 1.54) is 7.11 Å². The molecule has 0 aliphatic carbocycles. The number of urea groups is 1. The Morgan fingerprint density at radius 2 is 1.81 bits per heavy atom. The minimum atomic E-state index is -1.19. The number of carboxylic acid groups (broad SMARTS) is 2. The third kappa shape index (κ3) is 9.67. The van der Waals surface area contributed by atoms with Crippen LogP contribution in [0.15, 0.2) is 0 Å². The first-order chi connectivity index (χ1) is 9.90. The van der Waals surface area contributed by atoms with Crippen molar-refractivity contribution in [2.45, 2.75) is 51.1 Å². The van der Waals surface area contributed by atoms with Crippen LogP contribution in [0.25, 0.3) is 0 Å². The minimum Gasteiger partial charge on any atom is -0.481 e. The second-order valence-electron chi connectivity index (χ2n) is 4.74. The van der Waals surface area contributed by atoms with Crippen LogP contribution in [0, 0.1) is 0 Å². The van der Waals surface area contributed by atoms with Gasteiger partial charge in [0.2, 0.25) is 0 Å². The number of hydrogen-bond acceptors (Lipinski definition) is 4. The van der Waals surface area contributed by atoms with Crippen molar-refractivity contribution in [2.24, 2.45) is 0 Å². The number of carboxylic acids is 2. The molecule has 1 unspecified atom stereocenters. The first kappa shape index (κ1) is 19.2. The molecule has 8 heteroatoms. The summed E-state index contributed by atoms with van der Waals surface area (Å²) in [6, 6.07) is -1.88. The molecule has 4 N–H and O–H groups in total. The monoisotopic (exact) mass is 304 g/mol. The summed E-state index contributed by atoms with van der Waals surface area (Å²) in [4.78, 5) is 33.2. The number of amides is 2. The number of carbonyl (C=O) groups excluding carboxylic acids is 1. The summed E-state index contributed by atoms with van der Waals surface area (Å²) in [7, 11) is 1.52. The standard InChI is InChI=1S/C13H24N2O6/c1-3-5-9(8-21-2)14-13(20)15-10(12(18)19)6-4-7-11(16)17/h9-10H,3-8H2,1-2H3,(H,16,17)(H,18,19)(H2,14,15,20)/t9?,10-/m1/s1. The van der Waals surface area contributed by atoms with Gasteiger partial charge in [-0.3, -0.25) is 4.79 Å². The Hall–Kier alpha value is -1.83. The topological polar surface area (TPSA) is 125 Å². The number of carbonyl (C=O) groups is 3. The second kappa shape index (κ2) is 10.9. The maximum absolute atomic E-state index is 11.8. The van der Waals surface area contributed by atoms with Crippen LogP contribution in [0.1, 0.15) is 39.0 Å². The van der Waals surface area contributed by atoms with Gasteiger partial charge in [0.25, 0.3) is 0 Å². The van der Waals surface area contributed by atoms with Gasteiger partial charge in [-0.05, 0) is 19.3 Å². The number of nitrogens with one attached hydrogen (secondary N) is 2. The van der Waals surface area contributed by atoms with Gasteiger partial charge in [-0.25, -0.2) is 9.59 Å². The highest BCUT2D eigenvalue weighted by Gasteiger charge is 2.21. The summed E-state index contributed by atoms with van der Waals surface area (Å²) in [5.41, 5.74) is 0. The van der Waals surface area contributed by atoms with Gasteiger partial charge >= 0.3 is 18.0 Å². The highest BCUT2D eigenvalue weighted by Crippen LogP contribution is 2.02. The molecular formula is C13H24N2O6. The maximum atomic E-state index is 11.8. The second-order valence-corrected chi connectivity index (χ2v) is 4.74. The Morgan fingerprint density at radius 3 is 2.29 bits per heavy atom. The van der Waals surface area contributed by atoms with Crippen LogP contribution in [-0.2, 0) is 14.3 Å². The van der Waals surface area contributed by atoms with Gasteiger partial charge in [0, 0.05) is 13.5 Å². The minimum absolute atomic E-state index is 0.0672. The molecule has 0 heterocycles. The molecule has 0 radical (unpaired) electrons. The molecule has 0 aromatic rings. The first-order valence-corrected chi connectivity index (χ1v) is 6.91. The molecule has 2 atom stereocenters. The number of rotatable bonds is 11. The number of aliphatic carboxylic acids is 2. The van der Waals surface area contributed by atoms with Crippen molar-refractivity contribution < 1.29 is 29.3 Å². The molecule has 2 amide bonds. The van der Waals surface area contributed by atoms with E-state index >= 15 is 0 Å². The van der Waals surface area contributed by atoms with Gasteiger partial charge in [0.1, 0.15) is 6.04 Å². The maximum Gasteiger partial charge on any atom is 0.326 e. The Morgan fingerprint density at radius 1 is 1.14 bits per heavy atom. The summed E-state index contributed by atoms with van der Waals surface area (Å²) in [5.74, 6) is -2.18. The lowest BCUT2D eigenvalue weighted by Gasteiger charge is -2.20. The lowest BCUT2D eigenvalue weighted by molar-refractivity contribution is -0.140. The van der Waals surface area contributed by atoms with E-state index in [2.05, 4.69) is 10.6 Å². The van der Waals surface area contributed by atoms with Crippen LogP contribution in [0.3, 0.4) is 0 Å².